The van der Waals surface area contributed by atoms with Gasteiger partial charge in [0.05, 0.1) is 18.0 Å². The van der Waals surface area contributed by atoms with Crippen molar-refractivity contribution in [2.45, 2.75) is 38.5 Å². The van der Waals surface area contributed by atoms with Gasteiger partial charge < -0.3 is 0 Å². The Labute approximate surface area is 169 Å². The van der Waals surface area contributed by atoms with Gasteiger partial charge in [-0.05, 0) is 42.2 Å². The minimum Gasteiger partial charge on any atom is -0.284 e. The van der Waals surface area contributed by atoms with Crippen LogP contribution in [0.1, 0.15) is 36.5 Å². The van der Waals surface area contributed by atoms with Gasteiger partial charge in [0, 0.05) is 5.02 Å². The summed E-state index contributed by atoms with van der Waals surface area (Å²) in [4.78, 5) is 14.6. The monoisotopic (exact) mass is 399 g/mol. The highest BCUT2D eigenvalue weighted by Crippen LogP contribution is 2.32. The van der Waals surface area contributed by atoms with Crippen molar-refractivity contribution in [3.8, 4) is 0 Å². The number of nitrogens with zero attached hydrogens (tertiary/aromatic N) is 3. The van der Waals surface area contributed by atoms with E-state index in [9.17, 15) is 4.79 Å². The van der Waals surface area contributed by atoms with Gasteiger partial charge in [-0.2, -0.15) is 5.10 Å². The molecule has 1 atom stereocenters. The molecule has 1 amide bonds. The molecule has 0 saturated carbocycles. The van der Waals surface area contributed by atoms with Crippen molar-refractivity contribution in [3.63, 3.8) is 0 Å². The summed E-state index contributed by atoms with van der Waals surface area (Å²) in [6.07, 6.45) is 3.48. The van der Waals surface area contributed by atoms with Crippen molar-refractivity contribution in [2.24, 2.45) is 10.2 Å². The average Bonchev–Trinajstić information content (AvgIpc) is 2.95. The Morgan fingerprint density at radius 3 is 2.63 bits per heavy atom. The maximum atomic E-state index is 12.8. The molecule has 0 N–H and O–H groups in total. The number of hydrogen-bond donors (Lipinski definition) is 0. The van der Waals surface area contributed by atoms with Gasteiger partial charge in [0.25, 0.3) is 0 Å². The van der Waals surface area contributed by atoms with E-state index in [0.29, 0.717) is 16.7 Å². The third kappa shape index (κ3) is 4.99. The lowest BCUT2D eigenvalue weighted by Crippen LogP contribution is -2.31. The summed E-state index contributed by atoms with van der Waals surface area (Å²) in [7, 11) is 0. The molecule has 0 aromatic heterocycles. The van der Waals surface area contributed by atoms with Crippen molar-refractivity contribution < 1.29 is 4.79 Å². The van der Waals surface area contributed by atoms with Crippen LogP contribution in [0.4, 0.5) is 0 Å². The standard InChI is InChI=1S/C21H22ClN3OS/c1-3-6-19-20(26)25(14-17-8-5-4-7-15(17)2)21(27-19)24-23-13-16-9-11-18(22)12-10-16/h4-5,7-13,19H,3,6,14H2,1-2H3/b23-13-,24-21+/t19-/m0/s1. The van der Waals surface area contributed by atoms with E-state index in [1.165, 1.54) is 17.3 Å². The van der Waals surface area contributed by atoms with Crippen LogP contribution in [0.15, 0.2) is 58.7 Å². The fraction of sp³-hybridized carbons (Fsp3) is 0.286. The number of amides is 1. The minimum atomic E-state index is -0.0801. The van der Waals surface area contributed by atoms with Gasteiger partial charge in [-0.3, -0.25) is 9.69 Å². The number of rotatable bonds is 6. The van der Waals surface area contributed by atoms with Gasteiger partial charge in [-0.1, -0.05) is 73.1 Å². The molecule has 0 aliphatic carbocycles. The molecule has 1 saturated heterocycles. The second kappa shape index (κ2) is 9.20. The Morgan fingerprint density at radius 2 is 1.93 bits per heavy atom. The maximum absolute atomic E-state index is 12.8. The van der Waals surface area contributed by atoms with E-state index in [0.717, 1.165) is 24.0 Å². The molecule has 2 aromatic rings. The average molecular weight is 400 g/mol. The van der Waals surface area contributed by atoms with E-state index in [1.54, 1.807) is 11.1 Å². The van der Waals surface area contributed by atoms with Crippen molar-refractivity contribution >= 4 is 40.7 Å². The second-order valence-corrected chi connectivity index (χ2v) is 8.03. The zero-order valence-electron chi connectivity index (χ0n) is 15.4. The number of thioether (sulfide) groups is 1. The van der Waals surface area contributed by atoms with E-state index >= 15 is 0 Å². The molecule has 6 heteroatoms. The van der Waals surface area contributed by atoms with Crippen LogP contribution in [0.5, 0.6) is 0 Å². The summed E-state index contributed by atoms with van der Waals surface area (Å²) >= 11 is 7.41. The molecule has 140 valence electrons. The van der Waals surface area contributed by atoms with Crippen molar-refractivity contribution in [3.05, 3.63) is 70.2 Å². The molecule has 0 bridgehead atoms. The third-order valence-electron chi connectivity index (χ3n) is 4.38. The number of aryl methyl sites for hydroxylation is 1. The third-order valence-corrected chi connectivity index (χ3v) is 5.87. The normalized spacial score (nSPS) is 18.8. The Balaban J connectivity index is 1.82. The molecule has 0 unspecified atom stereocenters. The van der Waals surface area contributed by atoms with Crippen LogP contribution in [-0.2, 0) is 11.3 Å². The molecule has 1 aliphatic rings. The Morgan fingerprint density at radius 1 is 1.19 bits per heavy atom. The van der Waals surface area contributed by atoms with E-state index in [1.807, 2.05) is 36.4 Å². The largest absolute Gasteiger partial charge is 0.284 e. The lowest BCUT2D eigenvalue weighted by atomic mass is 10.1. The van der Waals surface area contributed by atoms with E-state index in [-0.39, 0.29) is 11.2 Å². The van der Waals surface area contributed by atoms with Crippen LogP contribution in [0.25, 0.3) is 0 Å². The topological polar surface area (TPSA) is 45.0 Å². The maximum Gasteiger partial charge on any atom is 0.242 e. The Bertz CT molecular complexity index is 864. The molecule has 1 heterocycles. The first-order chi connectivity index (χ1) is 13.1. The molecular weight excluding hydrogens is 378 g/mol. The SMILES string of the molecule is CCC[C@@H]1S/C(=N/N=C\c2ccc(Cl)cc2)N(Cc2ccccc2C)C1=O. The molecule has 2 aromatic carbocycles. The number of carbonyl (C=O) groups is 1. The smallest absolute Gasteiger partial charge is 0.242 e. The number of benzene rings is 2. The van der Waals surface area contributed by atoms with E-state index in [2.05, 4.69) is 36.2 Å². The highest BCUT2D eigenvalue weighted by molar-refractivity contribution is 8.15. The van der Waals surface area contributed by atoms with Crippen molar-refractivity contribution in [1.29, 1.82) is 0 Å². The summed E-state index contributed by atoms with van der Waals surface area (Å²) < 4.78 is 0. The van der Waals surface area contributed by atoms with Crippen LogP contribution >= 0.6 is 23.4 Å². The zero-order valence-corrected chi connectivity index (χ0v) is 17.0. The van der Waals surface area contributed by atoms with Gasteiger partial charge in [-0.25, -0.2) is 0 Å². The fourth-order valence-corrected chi connectivity index (χ4v) is 4.17. The predicted molar refractivity (Wildman–Crippen MR) is 114 cm³/mol. The quantitative estimate of drug-likeness (QED) is 0.489. The highest BCUT2D eigenvalue weighted by Gasteiger charge is 2.37. The predicted octanol–water partition coefficient (Wildman–Crippen LogP) is 5.28. The van der Waals surface area contributed by atoms with E-state index < -0.39 is 0 Å². The first-order valence-corrected chi connectivity index (χ1v) is 10.2. The number of hydrogen-bond acceptors (Lipinski definition) is 4. The highest BCUT2D eigenvalue weighted by atomic mass is 35.5. The molecule has 27 heavy (non-hydrogen) atoms. The molecule has 0 spiro atoms. The van der Waals surface area contributed by atoms with Crippen LogP contribution in [0, 0.1) is 6.92 Å². The number of carbonyl (C=O) groups excluding carboxylic acids is 1. The van der Waals surface area contributed by atoms with Gasteiger partial charge >= 0.3 is 0 Å². The lowest BCUT2D eigenvalue weighted by Gasteiger charge is -2.17. The summed E-state index contributed by atoms with van der Waals surface area (Å²) in [5.41, 5.74) is 3.20. The summed E-state index contributed by atoms with van der Waals surface area (Å²) in [6, 6.07) is 15.5. The van der Waals surface area contributed by atoms with Crippen molar-refractivity contribution in [1.82, 2.24) is 4.90 Å². The zero-order chi connectivity index (χ0) is 19.2. The summed E-state index contributed by atoms with van der Waals surface area (Å²) in [6.45, 7) is 4.67. The molecular formula is C21H22ClN3OS. The van der Waals surface area contributed by atoms with E-state index in [4.69, 9.17) is 11.6 Å². The van der Waals surface area contributed by atoms with Crippen LogP contribution < -0.4 is 0 Å². The second-order valence-electron chi connectivity index (χ2n) is 6.42. The number of amidine groups is 1. The summed E-state index contributed by atoms with van der Waals surface area (Å²) in [5.74, 6) is 0.116. The molecule has 0 radical (unpaired) electrons. The van der Waals surface area contributed by atoms with Crippen LogP contribution in [0.3, 0.4) is 0 Å². The Hall–Kier alpha value is -2.11. The van der Waals surface area contributed by atoms with Crippen LogP contribution in [-0.4, -0.2) is 27.4 Å². The number of halogens is 1. The fourth-order valence-electron chi connectivity index (χ4n) is 2.83. The van der Waals surface area contributed by atoms with Crippen molar-refractivity contribution in [2.75, 3.05) is 0 Å². The molecule has 4 nitrogen and oxygen atoms in total. The van der Waals surface area contributed by atoms with Gasteiger partial charge in [0.2, 0.25) is 5.91 Å². The Kier molecular flexibility index (Phi) is 6.69. The van der Waals surface area contributed by atoms with Crippen LogP contribution in [0.2, 0.25) is 5.02 Å². The molecule has 1 fully saturated rings. The van der Waals surface area contributed by atoms with Gasteiger partial charge in [0.15, 0.2) is 5.17 Å². The minimum absolute atomic E-state index is 0.0801. The first kappa shape index (κ1) is 19.6. The first-order valence-electron chi connectivity index (χ1n) is 8.97. The van der Waals surface area contributed by atoms with Gasteiger partial charge in [0.1, 0.15) is 0 Å². The lowest BCUT2D eigenvalue weighted by molar-refractivity contribution is -0.126. The molecule has 1 aliphatic heterocycles. The summed E-state index contributed by atoms with van der Waals surface area (Å²) in [5, 5.41) is 9.82. The van der Waals surface area contributed by atoms with Gasteiger partial charge in [-0.15, -0.1) is 5.10 Å². The molecule has 3 rings (SSSR count).